The van der Waals surface area contributed by atoms with Crippen LogP contribution in [0.15, 0.2) is 42.6 Å². The molecule has 0 spiro atoms. The zero-order valence-corrected chi connectivity index (χ0v) is 15.9. The Balaban J connectivity index is 1.65. The van der Waals surface area contributed by atoms with E-state index in [1.165, 1.54) is 26.6 Å². The molecule has 0 N–H and O–H groups in total. The lowest BCUT2D eigenvalue weighted by Gasteiger charge is -2.38. The van der Waals surface area contributed by atoms with Gasteiger partial charge in [0.05, 0.1) is 11.8 Å². The van der Waals surface area contributed by atoms with Gasteiger partial charge in [0.1, 0.15) is 5.82 Å². The molecule has 1 aliphatic rings. The molecule has 1 aromatic carbocycles. The smallest absolute Gasteiger partial charge is 0.145 e. The predicted molar refractivity (Wildman–Crippen MR) is 104 cm³/mol. The van der Waals surface area contributed by atoms with Crippen LogP contribution in [0.2, 0.25) is 0 Å². The van der Waals surface area contributed by atoms with Crippen LogP contribution < -0.4 is 0 Å². The number of benzene rings is 1. The third kappa shape index (κ3) is 3.27. The van der Waals surface area contributed by atoms with Crippen molar-refractivity contribution in [3.05, 3.63) is 64.5 Å². The van der Waals surface area contributed by atoms with Gasteiger partial charge < -0.3 is 4.74 Å². The Bertz CT molecular complexity index is 904. The van der Waals surface area contributed by atoms with Crippen LogP contribution in [0.1, 0.15) is 29.0 Å². The maximum absolute atomic E-state index is 14.3. The second-order valence-corrected chi connectivity index (χ2v) is 8.03. The van der Waals surface area contributed by atoms with Gasteiger partial charge >= 0.3 is 0 Å². The van der Waals surface area contributed by atoms with Gasteiger partial charge in [-0.15, -0.1) is 11.3 Å². The summed E-state index contributed by atoms with van der Waals surface area (Å²) in [5, 5.41) is 1.23. The number of thiophene rings is 1. The standard InChI is InChI=1S/C21H23FN2OS/c1-14(21-17(22)7-5-10-23-21)20-16-6-3-4-8-18(16)26-19(20)9-11-24-12-15(13-24)25-2/h3-8,10,14-15H,9,11-13H2,1-2H3/t14-/m1/s1. The van der Waals surface area contributed by atoms with Gasteiger partial charge in [-0.1, -0.05) is 25.1 Å². The molecule has 1 atom stereocenters. The van der Waals surface area contributed by atoms with Crippen molar-refractivity contribution >= 4 is 21.4 Å². The fourth-order valence-electron chi connectivity index (χ4n) is 3.74. The van der Waals surface area contributed by atoms with Crippen molar-refractivity contribution in [1.29, 1.82) is 0 Å². The third-order valence-corrected chi connectivity index (χ3v) is 6.50. The molecule has 0 unspecified atom stereocenters. The molecule has 3 nitrogen and oxygen atoms in total. The normalized spacial score (nSPS) is 16.7. The first-order chi connectivity index (χ1) is 12.7. The van der Waals surface area contributed by atoms with Crippen molar-refractivity contribution in [2.24, 2.45) is 0 Å². The van der Waals surface area contributed by atoms with E-state index in [1.54, 1.807) is 19.4 Å². The van der Waals surface area contributed by atoms with Crippen LogP contribution in [0.4, 0.5) is 4.39 Å². The zero-order valence-electron chi connectivity index (χ0n) is 15.1. The highest BCUT2D eigenvalue weighted by Gasteiger charge is 2.27. The van der Waals surface area contributed by atoms with Gasteiger partial charge in [-0.05, 0) is 35.6 Å². The van der Waals surface area contributed by atoms with Crippen LogP contribution in [0.25, 0.3) is 10.1 Å². The Kier molecular flexibility index (Phi) is 5.02. The molecule has 1 fully saturated rings. The number of hydrogen-bond acceptors (Lipinski definition) is 4. The number of likely N-dealkylation sites (tertiary alicyclic amines) is 1. The number of nitrogens with zero attached hydrogens (tertiary/aromatic N) is 2. The van der Waals surface area contributed by atoms with Gasteiger partial charge in [0.15, 0.2) is 0 Å². The fraction of sp³-hybridized carbons (Fsp3) is 0.381. The van der Waals surface area contributed by atoms with Crippen LogP contribution in [0.3, 0.4) is 0 Å². The lowest BCUT2D eigenvalue weighted by molar-refractivity contribution is -0.0284. The number of halogens is 1. The van der Waals surface area contributed by atoms with Gasteiger partial charge in [-0.2, -0.15) is 0 Å². The number of rotatable bonds is 6. The summed E-state index contributed by atoms with van der Waals surface area (Å²) < 4.78 is 21.0. The molecule has 3 heterocycles. The number of fused-ring (bicyclic) bond motifs is 1. The van der Waals surface area contributed by atoms with E-state index in [-0.39, 0.29) is 11.7 Å². The summed E-state index contributed by atoms with van der Waals surface area (Å²) in [6.45, 7) is 5.08. The average Bonchev–Trinajstić information content (AvgIpc) is 2.99. The molecular weight excluding hydrogens is 347 g/mol. The first kappa shape index (κ1) is 17.6. The Morgan fingerprint density at radius 1 is 1.27 bits per heavy atom. The molecule has 3 aromatic rings. The van der Waals surface area contributed by atoms with Crippen molar-refractivity contribution in [2.75, 3.05) is 26.7 Å². The van der Waals surface area contributed by atoms with Gasteiger partial charge in [0.2, 0.25) is 0 Å². The minimum Gasteiger partial charge on any atom is -0.379 e. The van der Waals surface area contributed by atoms with Crippen LogP contribution in [0.5, 0.6) is 0 Å². The zero-order chi connectivity index (χ0) is 18.1. The highest BCUT2D eigenvalue weighted by Crippen LogP contribution is 2.39. The Labute approximate surface area is 157 Å². The first-order valence-electron chi connectivity index (χ1n) is 9.03. The van der Waals surface area contributed by atoms with Crippen molar-refractivity contribution in [3.63, 3.8) is 0 Å². The summed E-state index contributed by atoms with van der Waals surface area (Å²) >= 11 is 1.83. The molecule has 0 bridgehead atoms. The monoisotopic (exact) mass is 370 g/mol. The minimum absolute atomic E-state index is 0.0644. The molecule has 0 aliphatic carbocycles. The van der Waals surface area contributed by atoms with Gasteiger partial charge in [-0.25, -0.2) is 4.39 Å². The van der Waals surface area contributed by atoms with E-state index in [4.69, 9.17) is 4.74 Å². The van der Waals surface area contributed by atoms with E-state index < -0.39 is 0 Å². The van der Waals surface area contributed by atoms with Gasteiger partial charge in [0, 0.05) is 48.4 Å². The van der Waals surface area contributed by atoms with E-state index >= 15 is 0 Å². The topological polar surface area (TPSA) is 25.4 Å². The molecule has 5 heteroatoms. The van der Waals surface area contributed by atoms with Crippen molar-refractivity contribution in [2.45, 2.75) is 25.4 Å². The molecule has 0 radical (unpaired) electrons. The molecule has 136 valence electrons. The molecule has 0 amide bonds. The van der Waals surface area contributed by atoms with Crippen LogP contribution in [0, 0.1) is 5.82 Å². The summed E-state index contributed by atoms with van der Waals surface area (Å²) in [5.74, 6) is -0.294. The molecular formula is C21H23FN2OS. The SMILES string of the molecule is COC1CN(CCc2sc3ccccc3c2[C@@H](C)c2ncccc2F)C1. The van der Waals surface area contributed by atoms with Gasteiger partial charge in [-0.3, -0.25) is 9.88 Å². The highest BCUT2D eigenvalue weighted by atomic mass is 32.1. The minimum atomic E-state index is -0.230. The number of pyridine rings is 1. The molecule has 1 saturated heterocycles. The third-order valence-electron chi connectivity index (χ3n) is 5.25. The number of methoxy groups -OCH3 is 1. The van der Waals surface area contributed by atoms with Crippen molar-refractivity contribution in [1.82, 2.24) is 9.88 Å². The lowest BCUT2D eigenvalue weighted by atomic mass is 9.93. The Morgan fingerprint density at radius 3 is 2.85 bits per heavy atom. The second kappa shape index (κ2) is 7.43. The summed E-state index contributed by atoms with van der Waals surface area (Å²) in [6.07, 6.45) is 3.02. The molecule has 26 heavy (non-hydrogen) atoms. The average molecular weight is 370 g/mol. The Morgan fingerprint density at radius 2 is 2.08 bits per heavy atom. The molecule has 1 aliphatic heterocycles. The summed E-state index contributed by atoms with van der Waals surface area (Å²) in [5.41, 5.74) is 1.76. The molecule has 2 aromatic heterocycles. The van der Waals surface area contributed by atoms with Crippen LogP contribution >= 0.6 is 11.3 Å². The van der Waals surface area contributed by atoms with Crippen LogP contribution in [-0.2, 0) is 11.2 Å². The predicted octanol–water partition coefficient (Wildman–Crippen LogP) is 4.46. The second-order valence-electron chi connectivity index (χ2n) is 6.89. The number of aromatic nitrogens is 1. The number of hydrogen-bond donors (Lipinski definition) is 0. The maximum atomic E-state index is 14.3. The summed E-state index contributed by atoms with van der Waals surface area (Å²) in [7, 11) is 1.77. The fourth-order valence-corrected chi connectivity index (χ4v) is 5.03. The van der Waals surface area contributed by atoms with Crippen molar-refractivity contribution in [3.8, 4) is 0 Å². The Hall–Kier alpha value is -1.82. The van der Waals surface area contributed by atoms with E-state index in [0.29, 0.717) is 11.8 Å². The molecule has 4 rings (SSSR count). The number of ether oxygens (including phenoxy) is 1. The highest BCUT2D eigenvalue weighted by molar-refractivity contribution is 7.19. The largest absolute Gasteiger partial charge is 0.379 e. The summed E-state index contributed by atoms with van der Waals surface area (Å²) in [4.78, 5) is 8.08. The van der Waals surface area contributed by atoms with E-state index in [2.05, 4.69) is 41.1 Å². The first-order valence-corrected chi connectivity index (χ1v) is 9.85. The van der Waals surface area contributed by atoms with E-state index in [1.807, 2.05) is 11.3 Å². The molecule has 0 saturated carbocycles. The van der Waals surface area contributed by atoms with Gasteiger partial charge in [0.25, 0.3) is 0 Å². The van der Waals surface area contributed by atoms with E-state index in [0.717, 1.165) is 26.1 Å². The quantitative estimate of drug-likeness (QED) is 0.641. The lowest BCUT2D eigenvalue weighted by Crippen LogP contribution is -2.52. The summed E-state index contributed by atoms with van der Waals surface area (Å²) in [6, 6.07) is 11.6. The van der Waals surface area contributed by atoms with Crippen molar-refractivity contribution < 1.29 is 9.13 Å². The van der Waals surface area contributed by atoms with Crippen LogP contribution in [-0.4, -0.2) is 42.7 Å². The maximum Gasteiger partial charge on any atom is 0.145 e. The van der Waals surface area contributed by atoms with E-state index in [9.17, 15) is 4.39 Å².